The van der Waals surface area contributed by atoms with Crippen molar-refractivity contribution in [3.05, 3.63) is 46.7 Å². The molecule has 1 aliphatic heterocycles. The number of carbonyl (C=O) groups excluding carboxylic acids is 2. The lowest BCUT2D eigenvalue weighted by molar-refractivity contribution is -0.136. The van der Waals surface area contributed by atoms with E-state index in [4.69, 9.17) is 9.47 Å². The summed E-state index contributed by atoms with van der Waals surface area (Å²) < 4.78 is 9.84. The summed E-state index contributed by atoms with van der Waals surface area (Å²) >= 11 is 0. The number of benzene rings is 1. The Morgan fingerprint density at radius 3 is 2.70 bits per heavy atom. The van der Waals surface area contributed by atoms with E-state index in [1.54, 1.807) is 32.2 Å². The first-order valence-corrected chi connectivity index (χ1v) is 6.03. The summed E-state index contributed by atoms with van der Waals surface area (Å²) in [5.41, 5.74) is 1.82. The highest BCUT2D eigenvalue weighted by Crippen LogP contribution is 2.25. The van der Waals surface area contributed by atoms with E-state index in [2.05, 4.69) is 5.32 Å². The number of carbonyl (C=O) groups is 2. The molecule has 0 unspecified atom stereocenters. The molecule has 0 radical (unpaired) electrons. The van der Waals surface area contributed by atoms with Gasteiger partial charge in [-0.25, -0.2) is 4.79 Å². The minimum absolute atomic E-state index is 0.264. The number of nitrogens with one attached hydrogen (secondary N) is 1. The van der Waals surface area contributed by atoms with Crippen LogP contribution >= 0.6 is 0 Å². The molecule has 104 valence electrons. The van der Waals surface area contributed by atoms with Crippen LogP contribution in [0.4, 0.5) is 0 Å². The van der Waals surface area contributed by atoms with E-state index in [0.717, 1.165) is 5.56 Å². The van der Waals surface area contributed by atoms with Gasteiger partial charge in [0.1, 0.15) is 5.75 Å². The zero-order valence-electron chi connectivity index (χ0n) is 11.5. The Labute approximate surface area is 116 Å². The maximum atomic E-state index is 11.9. The van der Waals surface area contributed by atoms with Crippen molar-refractivity contribution in [2.24, 2.45) is 0 Å². The van der Waals surface area contributed by atoms with E-state index in [-0.39, 0.29) is 11.5 Å². The average molecular weight is 273 g/mol. The number of rotatable bonds is 3. The maximum Gasteiger partial charge on any atom is 0.340 e. The van der Waals surface area contributed by atoms with Crippen LogP contribution in [0.2, 0.25) is 0 Å². The third-order valence-electron chi connectivity index (χ3n) is 2.98. The minimum Gasteiger partial charge on any atom is -0.497 e. The van der Waals surface area contributed by atoms with E-state index in [9.17, 15) is 9.59 Å². The quantitative estimate of drug-likeness (QED) is 0.672. The summed E-state index contributed by atoms with van der Waals surface area (Å²) in [5, 5.41) is 2.62. The number of allylic oxidation sites excluding steroid dienone is 1. The number of hydrogen-bond acceptors (Lipinski definition) is 4. The Balaban J connectivity index is 2.45. The molecule has 0 saturated heterocycles. The fourth-order valence-corrected chi connectivity index (χ4v) is 2.02. The number of methoxy groups -OCH3 is 2. The van der Waals surface area contributed by atoms with Crippen LogP contribution in [0.15, 0.2) is 41.1 Å². The smallest absolute Gasteiger partial charge is 0.340 e. The van der Waals surface area contributed by atoms with Crippen LogP contribution in [0.3, 0.4) is 0 Å². The molecular weight excluding hydrogens is 258 g/mol. The zero-order chi connectivity index (χ0) is 14.7. The summed E-state index contributed by atoms with van der Waals surface area (Å²) in [7, 11) is 2.85. The molecule has 0 atom stereocenters. The normalized spacial score (nSPS) is 16.4. The second-order valence-corrected chi connectivity index (χ2v) is 4.28. The van der Waals surface area contributed by atoms with Gasteiger partial charge in [-0.15, -0.1) is 0 Å². The lowest BCUT2D eigenvalue weighted by Gasteiger charge is -2.04. The third-order valence-corrected chi connectivity index (χ3v) is 2.98. The predicted molar refractivity (Wildman–Crippen MR) is 73.8 cm³/mol. The lowest BCUT2D eigenvalue weighted by Crippen LogP contribution is -2.15. The fraction of sp³-hybridized carbons (Fsp3) is 0.200. The topological polar surface area (TPSA) is 64.6 Å². The molecule has 1 N–H and O–H groups in total. The molecule has 1 aromatic rings. The van der Waals surface area contributed by atoms with Gasteiger partial charge in [-0.05, 0) is 30.7 Å². The summed E-state index contributed by atoms with van der Waals surface area (Å²) in [4.78, 5) is 23.7. The predicted octanol–water partition coefficient (Wildman–Crippen LogP) is 1.66. The van der Waals surface area contributed by atoms with Gasteiger partial charge in [-0.2, -0.15) is 0 Å². The van der Waals surface area contributed by atoms with Gasteiger partial charge in [0, 0.05) is 5.70 Å². The Morgan fingerprint density at radius 1 is 1.30 bits per heavy atom. The molecule has 1 amide bonds. The summed E-state index contributed by atoms with van der Waals surface area (Å²) in [6.45, 7) is 1.66. The Bertz CT molecular complexity index is 629. The van der Waals surface area contributed by atoms with Gasteiger partial charge in [0.15, 0.2) is 0 Å². The van der Waals surface area contributed by atoms with Crippen LogP contribution < -0.4 is 10.1 Å². The SMILES string of the molecule is COC(=O)C1=C(C)NC(=O)C1=Cc1cccc(OC)c1. The van der Waals surface area contributed by atoms with E-state index in [0.29, 0.717) is 17.0 Å². The molecule has 5 nitrogen and oxygen atoms in total. The van der Waals surface area contributed by atoms with Crippen molar-refractivity contribution in [2.45, 2.75) is 6.92 Å². The van der Waals surface area contributed by atoms with Crippen LogP contribution in [0.25, 0.3) is 6.08 Å². The first-order chi connectivity index (χ1) is 9.56. The maximum absolute atomic E-state index is 11.9. The molecule has 1 heterocycles. The van der Waals surface area contributed by atoms with E-state index < -0.39 is 5.97 Å². The van der Waals surface area contributed by atoms with E-state index in [1.807, 2.05) is 12.1 Å². The van der Waals surface area contributed by atoms with Gasteiger partial charge >= 0.3 is 5.97 Å². The first kappa shape index (κ1) is 13.9. The van der Waals surface area contributed by atoms with Crippen LogP contribution in [-0.2, 0) is 14.3 Å². The van der Waals surface area contributed by atoms with Gasteiger partial charge in [0.25, 0.3) is 5.91 Å². The van der Waals surface area contributed by atoms with E-state index in [1.165, 1.54) is 7.11 Å². The molecule has 20 heavy (non-hydrogen) atoms. The Kier molecular flexibility index (Phi) is 3.89. The van der Waals surface area contributed by atoms with Crippen molar-refractivity contribution >= 4 is 18.0 Å². The van der Waals surface area contributed by atoms with Crippen molar-refractivity contribution < 1.29 is 19.1 Å². The molecule has 0 fully saturated rings. The van der Waals surface area contributed by atoms with Gasteiger partial charge in [-0.1, -0.05) is 12.1 Å². The van der Waals surface area contributed by atoms with Crippen molar-refractivity contribution in [1.29, 1.82) is 0 Å². The summed E-state index contributed by atoms with van der Waals surface area (Å²) in [6.07, 6.45) is 1.64. The third kappa shape index (κ3) is 2.56. The number of esters is 1. The second-order valence-electron chi connectivity index (χ2n) is 4.28. The molecule has 0 saturated carbocycles. The van der Waals surface area contributed by atoms with E-state index >= 15 is 0 Å². The highest BCUT2D eigenvalue weighted by molar-refractivity contribution is 6.16. The lowest BCUT2D eigenvalue weighted by atomic mass is 10.0. The molecule has 0 bridgehead atoms. The van der Waals surface area contributed by atoms with Crippen molar-refractivity contribution in [1.82, 2.24) is 5.32 Å². The van der Waals surface area contributed by atoms with Crippen molar-refractivity contribution in [3.8, 4) is 5.75 Å². The number of amides is 1. The van der Waals surface area contributed by atoms with Gasteiger partial charge in [0.05, 0.1) is 25.4 Å². The molecule has 2 rings (SSSR count). The fourth-order valence-electron chi connectivity index (χ4n) is 2.02. The van der Waals surface area contributed by atoms with Gasteiger partial charge < -0.3 is 14.8 Å². The number of ether oxygens (including phenoxy) is 2. The van der Waals surface area contributed by atoms with Gasteiger partial charge in [-0.3, -0.25) is 4.79 Å². The Morgan fingerprint density at radius 2 is 2.05 bits per heavy atom. The van der Waals surface area contributed by atoms with Crippen LogP contribution in [0, 0.1) is 0 Å². The molecule has 5 heteroatoms. The molecule has 0 aromatic heterocycles. The largest absolute Gasteiger partial charge is 0.497 e. The highest BCUT2D eigenvalue weighted by atomic mass is 16.5. The van der Waals surface area contributed by atoms with Crippen molar-refractivity contribution in [3.63, 3.8) is 0 Å². The molecular formula is C15H15NO4. The molecule has 0 aliphatic carbocycles. The highest BCUT2D eigenvalue weighted by Gasteiger charge is 2.30. The summed E-state index contributed by atoms with van der Waals surface area (Å²) in [5.74, 6) is -0.168. The zero-order valence-corrected chi connectivity index (χ0v) is 11.5. The number of hydrogen-bond donors (Lipinski definition) is 1. The van der Waals surface area contributed by atoms with Crippen molar-refractivity contribution in [2.75, 3.05) is 14.2 Å². The monoisotopic (exact) mass is 273 g/mol. The second kappa shape index (κ2) is 5.61. The molecule has 1 aliphatic rings. The molecule has 1 aromatic carbocycles. The minimum atomic E-state index is -0.532. The van der Waals surface area contributed by atoms with Gasteiger partial charge in [0.2, 0.25) is 0 Å². The van der Waals surface area contributed by atoms with Crippen LogP contribution in [0.5, 0.6) is 5.75 Å². The first-order valence-electron chi connectivity index (χ1n) is 6.03. The van der Waals surface area contributed by atoms with Crippen LogP contribution in [0.1, 0.15) is 12.5 Å². The standard InChI is InChI=1S/C15H15NO4/c1-9-13(15(18)20-3)12(14(17)16-9)8-10-5-4-6-11(7-10)19-2/h4-8H,1-3H3,(H,16,17). The van der Waals surface area contributed by atoms with Crippen LogP contribution in [-0.4, -0.2) is 26.1 Å². The average Bonchev–Trinajstić information content (AvgIpc) is 2.73. The summed E-state index contributed by atoms with van der Waals surface area (Å²) in [6, 6.07) is 7.22. The Hall–Kier alpha value is -2.56. The molecule has 0 spiro atoms.